The minimum atomic E-state index is -4.28. The minimum absolute atomic E-state index is 0.171. The van der Waals surface area contributed by atoms with Crippen molar-refractivity contribution in [2.45, 2.75) is 58.7 Å². The Morgan fingerprint density at radius 2 is 2.03 bits per heavy atom. The highest BCUT2D eigenvalue weighted by molar-refractivity contribution is 5.92. The number of hydrogen-bond acceptors (Lipinski definition) is 6. The Morgan fingerprint density at radius 3 is 2.62 bits per heavy atom. The number of rotatable bonds is 9. The number of aldehydes is 1. The minimum Gasteiger partial charge on any atom is -0.471 e. The molecule has 2 aromatic rings. The maximum absolute atomic E-state index is 13.2. The van der Waals surface area contributed by atoms with E-state index in [1.54, 1.807) is 32.9 Å². The van der Waals surface area contributed by atoms with Crippen LogP contribution in [0.3, 0.4) is 0 Å². The Morgan fingerprint density at radius 1 is 1.32 bits per heavy atom. The SMILES string of the molecule is Cc1cc(C(C)N2Cc3c(ccnc3NC(=O)C(C)C)C2C=O)cnc1OCC(F)(F)C(F)F. The number of fused-ring (bicyclic) bond motifs is 1. The van der Waals surface area contributed by atoms with E-state index in [2.05, 4.69) is 15.3 Å². The number of aromatic nitrogens is 2. The van der Waals surface area contributed by atoms with Crippen LogP contribution in [-0.4, -0.2) is 46.0 Å². The van der Waals surface area contributed by atoms with Crippen LogP contribution in [0.25, 0.3) is 0 Å². The molecule has 7 nitrogen and oxygen atoms in total. The van der Waals surface area contributed by atoms with Crippen LogP contribution < -0.4 is 10.1 Å². The quantitative estimate of drug-likeness (QED) is 0.419. The number of anilines is 1. The molecule has 3 rings (SSSR count). The molecule has 2 unspecified atom stereocenters. The van der Waals surface area contributed by atoms with Gasteiger partial charge in [0.1, 0.15) is 12.1 Å². The first-order chi connectivity index (χ1) is 16.0. The lowest BCUT2D eigenvalue weighted by molar-refractivity contribution is -0.148. The van der Waals surface area contributed by atoms with E-state index in [0.29, 0.717) is 23.5 Å². The molecule has 0 aromatic carbocycles. The van der Waals surface area contributed by atoms with Crippen LogP contribution in [0.15, 0.2) is 24.5 Å². The number of carbonyl (C=O) groups is 2. The van der Waals surface area contributed by atoms with Gasteiger partial charge in [0.15, 0.2) is 6.61 Å². The topological polar surface area (TPSA) is 84.4 Å². The summed E-state index contributed by atoms with van der Waals surface area (Å²) in [6.07, 6.45) is -0.0978. The van der Waals surface area contributed by atoms with E-state index in [0.717, 1.165) is 17.4 Å². The van der Waals surface area contributed by atoms with Crippen molar-refractivity contribution < 1.29 is 31.9 Å². The summed E-state index contributed by atoms with van der Waals surface area (Å²) in [6.45, 7) is 5.79. The van der Waals surface area contributed by atoms with Crippen molar-refractivity contribution in [1.82, 2.24) is 14.9 Å². The summed E-state index contributed by atoms with van der Waals surface area (Å²) in [5.41, 5.74) is 2.53. The molecule has 1 amide bonds. The number of aryl methyl sites for hydroxylation is 1. The molecule has 0 fully saturated rings. The smallest absolute Gasteiger partial charge is 0.340 e. The molecule has 1 aliphatic rings. The van der Waals surface area contributed by atoms with Gasteiger partial charge in [-0.05, 0) is 37.1 Å². The Hall–Kier alpha value is -3.08. The highest BCUT2D eigenvalue weighted by Crippen LogP contribution is 2.41. The fourth-order valence-electron chi connectivity index (χ4n) is 3.69. The summed E-state index contributed by atoms with van der Waals surface area (Å²) in [6, 6.07) is 2.45. The van der Waals surface area contributed by atoms with Gasteiger partial charge in [-0.15, -0.1) is 0 Å². The monoisotopic (exact) mass is 482 g/mol. The zero-order valence-electron chi connectivity index (χ0n) is 19.2. The maximum atomic E-state index is 13.2. The van der Waals surface area contributed by atoms with E-state index in [4.69, 9.17) is 4.74 Å². The second kappa shape index (κ2) is 10.0. The second-order valence-electron chi connectivity index (χ2n) is 8.54. The van der Waals surface area contributed by atoms with Crippen molar-refractivity contribution in [3.05, 3.63) is 46.8 Å². The number of nitrogens with zero attached hydrogens (tertiary/aromatic N) is 3. The van der Waals surface area contributed by atoms with E-state index in [-0.39, 0.29) is 23.7 Å². The molecule has 0 spiro atoms. The molecule has 11 heteroatoms. The lowest BCUT2D eigenvalue weighted by atomic mass is 10.0. The molecule has 3 heterocycles. The van der Waals surface area contributed by atoms with Gasteiger partial charge in [-0.2, -0.15) is 8.78 Å². The van der Waals surface area contributed by atoms with Crippen molar-refractivity contribution in [3.8, 4) is 5.88 Å². The molecule has 0 saturated heterocycles. The molecule has 34 heavy (non-hydrogen) atoms. The molecule has 2 atom stereocenters. The van der Waals surface area contributed by atoms with Crippen LogP contribution in [0.2, 0.25) is 0 Å². The van der Waals surface area contributed by atoms with Crippen LogP contribution in [0.4, 0.5) is 23.4 Å². The van der Waals surface area contributed by atoms with Crippen LogP contribution >= 0.6 is 0 Å². The lowest BCUT2D eigenvalue weighted by Gasteiger charge is -2.28. The third kappa shape index (κ3) is 5.19. The summed E-state index contributed by atoms with van der Waals surface area (Å²) in [5, 5.41) is 2.80. The van der Waals surface area contributed by atoms with Gasteiger partial charge in [0.2, 0.25) is 11.8 Å². The number of pyridine rings is 2. The predicted octanol–water partition coefficient (Wildman–Crippen LogP) is 4.48. The average Bonchev–Trinajstić information content (AvgIpc) is 3.17. The summed E-state index contributed by atoms with van der Waals surface area (Å²) in [7, 11) is 0. The van der Waals surface area contributed by atoms with Crippen molar-refractivity contribution in [2.24, 2.45) is 5.92 Å². The number of nitrogens with one attached hydrogen (secondary N) is 1. The molecule has 1 N–H and O–H groups in total. The largest absolute Gasteiger partial charge is 0.471 e. The first-order valence-corrected chi connectivity index (χ1v) is 10.7. The van der Waals surface area contributed by atoms with E-state index in [1.807, 2.05) is 11.8 Å². The van der Waals surface area contributed by atoms with E-state index < -0.39 is 25.0 Å². The Balaban J connectivity index is 1.81. The normalized spacial score (nSPS) is 17.1. The Labute approximate surface area is 194 Å². The summed E-state index contributed by atoms with van der Waals surface area (Å²) >= 11 is 0. The number of halogens is 4. The van der Waals surface area contributed by atoms with Gasteiger partial charge in [0, 0.05) is 42.0 Å². The number of carbonyl (C=O) groups excluding carboxylic acids is 2. The molecule has 0 radical (unpaired) electrons. The molecule has 0 bridgehead atoms. The number of ether oxygens (including phenoxy) is 1. The zero-order valence-corrected chi connectivity index (χ0v) is 19.2. The molecule has 184 valence electrons. The van der Waals surface area contributed by atoms with E-state index in [1.165, 1.54) is 12.4 Å². The third-order valence-electron chi connectivity index (χ3n) is 5.76. The number of alkyl halides is 4. The Bertz CT molecular complexity index is 1060. The first kappa shape index (κ1) is 25.5. The van der Waals surface area contributed by atoms with Crippen LogP contribution in [-0.2, 0) is 16.1 Å². The van der Waals surface area contributed by atoms with Crippen molar-refractivity contribution in [3.63, 3.8) is 0 Å². The van der Waals surface area contributed by atoms with Gasteiger partial charge in [-0.3, -0.25) is 9.69 Å². The van der Waals surface area contributed by atoms with Crippen LogP contribution in [0, 0.1) is 12.8 Å². The van der Waals surface area contributed by atoms with E-state index >= 15 is 0 Å². The third-order valence-corrected chi connectivity index (χ3v) is 5.76. The van der Waals surface area contributed by atoms with Gasteiger partial charge in [-0.25, -0.2) is 18.7 Å². The molecule has 1 aliphatic heterocycles. The van der Waals surface area contributed by atoms with Crippen LogP contribution in [0.5, 0.6) is 5.88 Å². The predicted molar refractivity (Wildman–Crippen MR) is 116 cm³/mol. The second-order valence-corrected chi connectivity index (χ2v) is 8.54. The molecule has 2 aromatic heterocycles. The van der Waals surface area contributed by atoms with Crippen molar-refractivity contribution in [1.29, 1.82) is 0 Å². The van der Waals surface area contributed by atoms with Crippen LogP contribution in [0.1, 0.15) is 55.1 Å². The van der Waals surface area contributed by atoms with Gasteiger partial charge < -0.3 is 14.8 Å². The lowest BCUT2D eigenvalue weighted by Crippen LogP contribution is -2.34. The fraction of sp³-hybridized carbons (Fsp3) is 0.478. The van der Waals surface area contributed by atoms with Gasteiger partial charge in [-0.1, -0.05) is 13.8 Å². The average molecular weight is 482 g/mol. The zero-order chi connectivity index (χ0) is 25.2. The van der Waals surface area contributed by atoms with Crippen molar-refractivity contribution in [2.75, 3.05) is 11.9 Å². The van der Waals surface area contributed by atoms with Gasteiger partial charge in [0.25, 0.3) is 0 Å². The molecule has 0 aliphatic carbocycles. The van der Waals surface area contributed by atoms with E-state index in [9.17, 15) is 27.2 Å². The summed E-state index contributed by atoms with van der Waals surface area (Å²) < 4.78 is 55.9. The number of hydrogen-bond donors (Lipinski definition) is 1. The highest BCUT2D eigenvalue weighted by atomic mass is 19.3. The highest BCUT2D eigenvalue weighted by Gasteiger charge is 2.42. The van der Waals surface area contributed by atoms with Gasteiger partial charge in [0.05, 0.1) is 6.04 Å². The summed E-state index contributed by atoms with van der Waals surface area (Å²) in [5.74, 6) is -4.49. The van der Waals surface area contributed by atoms with Crippen molar-refractivity contribution >= 4 is 18.0 Å². The summed E-state index contributed by atoms with van der Waals surface area (Å²) in [4.78, 5) is 34.4. The molecule has 0 saturated carbocycles. The maximum Gasteiger partial charge on any atom is 0.340 e. The molecular weight excluding hydrogens is 456 g/mol. The van der Waals surface area contributed by atoms with Gasteiger partial charge >= 0.3 is 12.3 Å². The fourth-order valence-corrected chi connectivity index (χ4v) is 3.69. The molecular formula is C23H26F4N4O3. The number of amides is 1. The standard InChI is InChI=1S/C23H26F4N4O3/c1-12(2)20(33)30-19-17-9-31(18(10-32)16(17)5-6-28-19)14(4)15-7-13(3)21(29-8-15)34-11-23(26,27)22(24)25/h5-8,10,12,14,18,22H,9,11H2,1-4H3,(H,28,30,33). The Kier molecular flexibility index (Phi) is 7.54. The first-order valence-electron chi connectivity index (χ1n) is 10.7.